The summed E-state index contributed by atoms with van der Waals surface area (Å²) in [7, 11) is 0. The first-order valence-electron chi connectivity index (χ1n) is 4.70. The van der Waals surface area contributed by atoms with Gasteiger partial charge in [-0.25, -0.2) is 4.98 Å². The van der Waals surface area contributed by atoms with Crippen molar-refractivity contribution in [3.05, 3.63) is 40.9 Å². The normalized spacial score (nSPS) is 10.4. The number of benzene rings is 1. The van der Waals surface area contributed by atoms with Crippen molar-refractivity contribution in [2.24, 2.45) is 0 Å². The molecule has 16 heavy (non-hydrogen) atoms. The molecule has 3 rings (SSSR count). The Kier molecular flexibility index (Phi) is 1.98. The van der Waals surface area contributed by atoms with Crippen LogP contribution in [-0.4, -0.2) is 4.98 Å². The average molecular weight is 226 g/mol. The topological polar surface area (TPSA) is 49.8 Å². The number of hydrogen-bond donors (Lipinski definition) is 0. The Hall–Kier alpha value is -2.12. The Bertz CT molecular complexity index is 690. The van der Waals surface area contributed by atoms with E-state index in [1.807, 2.05) is 24.3 Å². The first kappa shape index (κ1) is 9.13. The Balaban J connectivity index is 2.31. The number of hydrogen-bond acceptors (Lipinski definition) is 4. The van der Waals surface area contributed by atoms with E-state index in [0.29, 0.717) is 10.6 Å². The first-order chi connectivity index (χ1) is 7.90. The highest BCUT2D eigenvalue weighted by molar-refractivity contribution is 7.10. The van der Waals surface area contributed by atoms with Crippen molar-refractivity contribution in [2.45, 2.75) is 0 Å². The summed E-state index contributed by atoms with van der Waals surface area (Å²) in [4.78, 5) is 4.83. The van der Waals surface area contributed by atoms with Gasteiger partial charge in [0, 0.05) is 10.9 Å². The van der Waals surface area contributed by atoms with Gasteiger partial charge in [-0.3, -0.25) is 0 Å². The molecule has 0 saturated heterocycles. The van der Waals surface area contributed by atoms with Crippen LogP contribution in [0.2, 0.25) is 0 Å². The van der Waals surface area contributed by atoms with Crippen LogP contribution in [0, 0.1) is 11.3 Å². The molecule has 4 heteroatoms. The fourth-order valence-corrected chi connectivity index (χ4v) is 2.27. The molecule has 1 aromatic carbocycles. The minimum atomic E-state index is 0.617. The summed E-state index contributed by atoms with van der Waals surface area (Å²) in [5.74, 6) is 0. The first-order valence-corrected chi connectivity index (χ1v) is 5.58. The van der Waals surface area contributed by atoms with Gasteiger partial charge < -0.3 is 4.42 Å². The van der Waals surface area contributed by atoms with E-state index in [9.17, 15) is 0 Å². The Labute approximate surface area is 95.6 Å². The molecule has 0 aliphatic carbocycles. The van der Waals surface area contributed by atoms with Crippen molar-refractivity contribution >= 4 is 22.3 Å². The fraction of sp³-hybridized carbons (Fsp3) is 0. The van der Waals surface area contributed by atoms with Crippen molar-refractivity contribution in [3.63, 3.8) is 0 Å². The maximum absolute atomic E-state index is 8.97. The molecule has 3 nitrogen and oxygen atoms in total. The van der Waals surface area contributed by atoms with Gasteiger partial charge in [0.05, 0.1) is 5.51 Å². The van der Waals surface area contributed by atoms with Crippen LogP contribution in [0.3, 0.4) is 0 Å². The van der Waals surface area contributed by atoms with E-state index in [1.54, 1.807) is 11.8 Å². The van der Waals surface area contributed by atoms with E-state index in [2.05, 4.69) is 11.1 Å². The lowest BCUT2D eigenvalue weighted by molar-refractivity contribution is 0.617. The highest BCUT2D eigenvalue weighted by Crippen LogP contribution is 2.32. The highest BCUT2D eigenvalue weighted by Gasteiger charge is 2.13. The standard InChI is InChI=1S/C12H6N2OS/c13-5-11-12(14-7-16-11)9-6-15-10-4-2-1-3-8(9)10/h1-4,6-7H. The monoisotopic (exact) mass is 226 g/mol. The average Bonchev–Trinajstić information content (AvgIpc) is 2.94. The Morgan fingerprint density at radius 2 is 2.19 bits per heavy atom. The summed E-state index contributed by atoms with van der Waals surface area (Å²) >= 11 is 1.34. The van der Waals surface area contributed by atoms with Gasteiger partial charge in [-0.1, -0.05) is 18.2 Å². The van der Waals surface area contributed by atoms with Gasteiger partial charge >= 0.3 is 0 Å². The van der Waals surface area contributed by atoms with E-state index in [0.717, 1.165) is 16.5 Å². The number of thiazole rings is 1. The molecule has 3 aromatic rings. The number of para-hydroxylation sites is 1. The lowest BCUT2D eigenvalue weighted by atomic mass is 10.1. The van der Waals surface area contributed by atoms with Gasteiger partial charge in [0.15, 0.2) is 0 Å². The number of fused-ring (bicyclic) bond motifs is 1. The highest BCUT2D eigenvalue weighted by atomic mass is 32.1. The van der Waals surface area contributed by atoms with Crippen LogP contribution in [0.25, 0.3) is 22.2 Å². The van der Waals surface area contributed by atoms with Gasteiger partial charge in [-0.15, -0.1) is 11.3 Å². The third kappa shape index (κ3) is 1.23. The summed E-state index contributed by atoms with van der Waals surface area (Å²) in [5, 5.41) is 9.96. The molecular formula is C12H6N2OS. The molecule has 0 radical (unpaired) electrons. The van der Waals surface area contributed by atoms with Gasteiger partial charge in [0.1, 0.15) is 28.5 Å². The predicted molar refractivity (Wildman–Crippen MR) is 62.0 cm³/mol. The van der Waals surface area contributed by atoms with E-state index in [1.165, 1.54) is 11.3 Å². The zero-order valence-corrected chi connectivity index (χ0v) is 8.99. The number of furan rings is 1. The van der Waals surface area contributed by atoms with Crippen LogP contribution in [0.15, 0.2) is 40.5 Å². The van der Waals surface area contributed by atoms with E-state index in [-0.39, 0.29) is 0 Å². The molecule has 0 aliphatic heterocycles. The second-order valence-electron chi connectivity index (χ2n) is 3.29. The van der Waals surface area contributed by atoms with Crippen LogP contribution in [-0.2, 0) is 0 Å². The van der Waals surface area contributed by atoms with Crippen molar-refractivity contribution in [2.75, 3.05) is 0 Å². The second-order valence-corrected chi connectivity index (χ2v) is 4.14. The minimum Gasteiger partial charge on any atom is -0.464 e. The molecule has 76 valence electrons. The lowest BCUT2D eigenvalue weighted by Gasteiger charge is -1.92. The van der Waals surface area contributed by atoms with Crippen LogP contribution >= 0.6 is 11.3 Å². The maximum atomic E-state index is 8.97. The fourth-order valence-electron chi connectivity index (χ4n) is 1.68. The Morgan fingerprint density at radius 1 is 1.31 bits per heavy atom. The quantitative estimate of drug-likeness (QED) is 0.638. The molecular weight excluding hydrogens is 220 g/mol. The largest absolute Gasteiger partial charge is 0.464 e. The summed E-state index contributed by atoms with van der Waals surface area (Å²) in [6, 6.07) is 9.87. The molecule has 0 atom stereocenters. The van der Waals surface area contributed by atoms with E-state index < -0.39 is 0 Å². The molecule has 0 unspecified atom stereocenters. The smallest absolute Gasteiger partial charge is 0.134 e. The van der Waals surface area contributed by atoms with Gasteiger partial charge in [-0.05, 0) is 6.07 Å². The van der Waals surface area contributed by atoms with Crippen LogP contribution < -0.4 is 0 Å². The zero-order valence-electron chi connectivity index (χ0n) is 8.18. The van der Waals surface area contributed by atoms with Crippen molar-refractivity contribution in [3.8, 4) is 17.3 Å². The van der Waals surface area contributed by atoms with Crippen molar-refractivity contribution in [1.82, 2.24) is 4.98 Å². The SMILES string of the molecule is N#Cc1scnc1-c1coc2ccccc12. The molecule has 0 fully saturated rings. The van der Waals surface area contributed by atoms with Gasteiger partial charge in [-0.2, -0.15) is 5.26 Å². The second kappa shape index (κ2) is 3.47. The third-order valence-electron chi connectivity index (χ3n) is 2.41. The third-order valence-corrected chi connectivity index (χ3v) is 3.14. The predicted octanol–water partition coefficient (Wildman–Crippen LogP) is 3.43. The number of aromatic nitrogens is 1. The van der Waals surface area contributed by atoms with E-state index >= 15 is 0 Å². The molecule has 0 N–H and O–H groups in total. The molecule has 0 aliphatic rings. The number of rotatable bonds is 1. The molecule has 2 aromatic heterocycles. The van der Waals surface area contributed by atoms with Crippen LogP contribution in [0.5, 0.6) is 0 Å². The van der Waals surface area contributed by atoms with Crippen LogP contribution in [0.4, 0.5) is 0 Å². The lowest BCUT2D eigenvalue weighted by Crippen LogP contribution is -1.78. The molecule has 0 amide bonds. The minimum absolute atomic E-state index is 0.617. The summed E-state index contributed by atoms with van der Waals surface area (Å²) in [5.41, 5.74) is 4.08. The van der Waals surface area contributed by atoms with Crippen LogP contribution in [0.1, 0.15) is 4.88 Å². The zero-order chi connectivity index (χ0) is 11.0. The summed E-state index contributed by atoms with van der Waals surface area (Å²) < 4.78 is 5.43. The Morgan fingerprint density at radius 3 is 3.06 bits per heavy atom. The summed E-state index contributed by atoms with van der Waals surface area (Å²) in [6.45, 7) is 0. The summed E-state index contributed by atoms with van der Waals surface area (Å²) in [6.07, 6.45) is 1.65. The molecule has 0 spiro atoms. The van der Waals surface area contributed by atoms with Gasteiger partial charge in [0.25, 0.3) is 0 Å². The van der Waals surface area contributed by atoms with Gasteiger partial charge in [0.2, 0.25) is 0 Å². The number of nitriles is 1. The van der Waals surface area contributed by atoms with E-state index in [4.69, 9.17) is 9.68 Å². The maximum Gasteiger partial charge on any atom is 0.134 e. The van der Waals surface area contributed by atoms with Crippen molar-refractivity contribution in [1.29, 1.82) is 5.26 Å². The molecule has 0 saturated carbocycles. The number of nitrogens with zero attached hydrogens (tertiary/aromatic N) is 2. The molecule has 0 bridgehead atoms. The van der Waals surface area contributed by atoms with Crippen molar-refractivity contribution < 1.29 is 4.42 Å². The molecule has 2 heterocycles.